The Labute approximate surface area is 151 Å². The van der Waals surface area contributed by atoms with Crippen LogP contribution in [0, 0.1) is 0 Å². The number of rotatable bonds is 5. The zero-order chi connectivity index (χ0) is 17.8. The molecule has 5 heteroatoms. The normalized spacial score (nSPS) is 13.8. The molecule has 128 valence electrons. The van der Waals surface area contributed by atoms with Gasteiger partial charge in [0.2, 0.25) is 0 Å². The molecule has 1 aliphatic carbocycles. The summed E-state index contributed by atoms with van der Waals surface area (Å²) in [6.45, 7) is 0. The molecule has 0 unspecified atom stereocenters. The minimum atomic E-state index is -0.994. The van der Waals surface area contributed by atoms with Crippen LogP contribution in [-0.4, -0.2) is 23.2 Å². The Morgan fingerprint density at radius 2 is 1.48 bits per heavy atom. The Kier molecular flexibility index (Phi) is 5.24. The van der Waals surface area contributed by atoms with E-state index in [0.717, 1.165) is 17.5 Å². The van der Waals surface area contributed by atoms with Gasteiger partial charge in [0, 0.05) is 21.7 Å². The lowest BCUT2D eigenvalue weighted by Crippen LogP contribution is -2.16. The summed E-state index contributed by atoms with van der Waals surface area (Å²) in [5.41, 5.74) is 3.48. The van der Waals surface area contributed by atoms with Crippen molar-refractivity contribution in [3.8, 4) is 11.1 Å². The number of thioether (sulfide) groups is 1. The summed E-state index contributed by atoms with van der Waals surface area (Å²) in [4.78, 5) is 24.7. The van der Waals surface area contributed by atoms with Gasteiger partial charge in [0.1, 0.15) is 0 Å². The zero-order valence-corrected chi connectivity index (χ0v) is 14.7. The topological polar surface area (TPSA) is 66.4 Å². The lowest BCUT2D eigenvalue weighted by molar-refractivity contribution is -0.133. The van der Waals surface area contributed by atoms with Crippen LogP contribution in [0.25, 0.3) is 11.1 Å². The summed E-state index contributed by atoms with van der Waals surface area (Å²) in [6, 6.07) is 15.9. The molecular weight excluding hydrogens is 334 g/mol. The van der Waals surface area contributed by atoms with Gasteiger partial charge in [0.05, 0.1) is 0 Å². The van der Waals surface area contributed by atoms with E-state index in [1.807, 2.05) is 30.5 Å². The maximum Gasteiger partial charge on any atom is 0.332 e. The number of anilines is 1. The summed E-state index contributed by atoms with van der Waals surface area (Å²) in [5, 5.41) is 12.0. The number of aliphatic carboxylic acids is 1. The van der Waals surface area contributed by atoms with Crippen molar-refractivity contribution in [2.45, 2.75) is 24.2 Å². The molecule has 0 atom stereocenters. The highest BCUT2D eigenvalue weighted by Gasteiger charge is 2.25. The number of nitrogens with one attached hydrogen (secondary N) is 1. The third-order valence-corrected chi connectivity index (χ3v) is 5.06. The number of amides is 1. The van der Waals surface area contributed by atoms with Crippen LogP contribution in [0.15, 0.2) is 64.6 Å². The lowest BCUT2D eigenvalue weighted by Gasteiger charge is -2.08. The molecule has 3 rings (SSSR count). The molecule has 2 aromatic rings. The standard InChI is InChI=1S/C20H19NO3S/c1-25-16-11-7-14(8-12-16)13-5-9-15(10-6-13)21-19(22)17-3-2-4-18(17)20(23)24/h5-12H,2-4H2,1H3,(H,21,22)(H,23,24). The van der Waals surface area contributed by atoms with Crippen molar-refractivity contribution < 1.29 is 14.7 Å². The smallest absolute Gasteiger partial charge is 0.332 e. The Morgan fingerprint density at radius 3 is 2.04 bits per heavy atom. The first-order valence-corrected chi connectivity index (χ1v) is 9.32. The fraction of sp³-hybridized carbons (Fsp3) is 0.200. The van der Waals surface area contributed by atoms with E-state index in [2.05, 4.69) is 29.6 Å². The molecule has 0 saturated heterocycles. The van der Waals surface area contributed by atoms with Crippen LogP contribution in [0.4, 0.5) is 5.69 Å². The van der Waals surface area contributed by atoms with Crippen molar-refractivity contribution in [1.82, 2.24) is 0 Å². The molecule has 0 bridgehead atoms. The van der Waals surface area contributed by atoms with E-state index in [1.54, 1.807) is 11.8 Å². The predicted octanol–water partition coefficient (Wildman–Crippen LogP) is 4.58. The van der Waals surface area contributed by atoms with Gasteiger partial charge >= 0.3 is 5.97 Å². The van der Waals surface area contributed by atoms with Crippen molar-refractivity contribution in [3.63, 3.8) is 0 Å². The van der Waals surface area contributed by atoms with E-state index < -0.39 is 5.97 Å². The highest BCUT2D eigenvalue weighted by Crippen LogP contribution is 2.28. The number of carboxylic acid groups (broad SMARTS) is 1. The summed E-state index contributed by atoms with van der Waals surface area (Å²) in [5.74, 6) is -1.31. The third kappa shape index (κ3) is 3.94. The van der Waals surface area contributed by atoms with Crippen LogP contribution in [0.2, 0.25) is 0 Å². The molecule has 0 radical (unpaired) electrons. The second-order valence-corrected chi connectivity index (χ2v) is 6.76. The molecule has 0 heterocycles. The van der Waals surface area contributed by atoms with Crippen molar-refractivity contribution in [2.75, 3.05) is 11.6 Å². The van der Waals surface area contributed by atoms with E-state index >= 15 is 0 Å². The van der Waals surface area contributed by atoms with Crippen molar-refractivity contribution >= 4 is 29.3 Å². The highest BCUT2D eigenvalue weighted by atomic mass is 32.2. The quantitative estimate of drug-likeness (QED) is 0.772. The third-order valence-electron chi connectivity index (χ3n) is 4.32. The molecule has 1 aliphatic rings. The fourth-order valence-corrected chi connectivity index (χ4v) is 3.37. The van der Waals surface area contributed by atoms with Crippen molar-refractivity contribution in [3.05, 3.63) is 59.7 Å². The first-order valence-electron chi connectivity index (χ1n) is 8.09. The second-order valence-electron chi connectivity index (χ2n) is 5.88. The maximum absolute atomic E-state index is 12.3. The highest BCUT2D eigenvalue weighted by molar-refractivity contribution is 7.98. The van der Waals surface area contributed by atoms with E-state index in [0.29, 0.717) is 24.1 Å². The number of carbonyl (C=O) groups excluding carboxylic acids is 1. The molecule has 0 aromatic heterocycles. The average molecular weight is 353 g/mol. The Hall–Kier alpha value is -2.53. The molecule has 0 saturated carbocycles. The zero-order valence-electron chi connectivity index (χ0n) is 13.9. The molecule has 1 amide bonds. The SMILES string of the molecule is CSc1ccc(-c2ccc(NC(=O)C3=C(C(=O)O)CCC3)cc2)cc1. The fourth-order valence-electron chi connectivity index (χ4n) is 2.97. The molecule has 2 aromatic carbocycles. The number of benzene rings is 2. The predicted molar refractivity (Wildman–Crippen MR) is 101 cm³/mol. The summed E-state index contributed by atoms with van der Waals surface area (Å²) >= 11 is 1.70. The number of carbonyl (C=O) groups is 2. The van der Waals surface area contributed by atoms with Gasteiger partial charge in [0.15, 0.2) is 0 Å². The first-order chi connectivity index (χ1) is 12.1. The van der Waals surface area contributed by atoms with Crippen molar-refractivity contribution in [2.24, 2.45) is 0 Å². The lowest BCUT2D eigenvalue weighted by atomic mass is 10.1. The van der Waals surface area contributed by atoms with Gasteiger partial charge in [-0.2, -0.15) is 0 Å². The van der Waals surface area contributed by atoms with Crippen LogP contribution in [-0.2, 0) is 9.59 Å². The first kappa shape index (κ1) is 17.3. The molecule has 0 spiro atoms. The van der Waals surface area contributed by atoms with Crippen LogP contribution < -0.4 is 5.32 Å². The summed E-state index contributed by atoms with van der Waals surface area (Å²) in [7, 11) is 0. The van der Waals surface area contributed by atoms with Gasteiger partial charge in [-0.15, -0.1) is 11.8 Å². The van der Waals surface area contributed by atoms with Crippen LogP contribution in [0.5, 0.6) is 0 Å². The molecule has 25 heavy (non-hydrogen) atoms. The summed E-state index contributed by atoms with van der Waals surface area (Å²) < 4.78 is 0. The number of hydrogen-bond acceptors (Lipinski definition) is 3. The molecule has 4 nitrogen and oxygen atoms in total. The van der Waals surface area contributed by atoms with E-state index in [1.165, 1.54) is 4.90 Å². The molecule has 2 N–H and O–H groups in total. The van der Waals surface area contributed by atoms with Gasteiger partial charge in [-0.25, -0.2) is 4.79 Å². The minimum Gasteiger partial charge on any atom is -0.478 e. The minimum absolute atomic E-state index is 0.239. The molecule has 0 aliphatic heterocycles. The maximum atomic E-state index is 12.3. The van der Waals surface area contributed by atoms with E-state index in [-0.39, 0.29) is 11.5 Å². The van der Waals surface area contributed by atoms with Gasteiger partial charge in [-0.3, -0.25) is 4.79 Å². The average Bonchev–Trinajstić information content (AvgIpc) is 3.13. The monoisotopic (exact) mass is 353 g/mol. The van der Waals surface area contributed by atoms with Crippen molar-refractivity contribution in [1.29, 1.82) is 0 Å². The van der Waals surface area contributed by atoms with Gasteiger partial charge in [-0.05, 0) is 60.9 Å². The molecular formula is C20H19NO3S. The number of carboxylic acids is 1. The van der Waals surface area contributed by atoms with Gasteiger partial charge in [-0.1, -0.05) is 24.3 Å². The summed E-state index contributed by atoms with van der Waals surface area (Å²) in [6.07, 6.45) is 3.74. The largest absolute Gasteiger partial charge is 0.478 e. The molecule has 0 fully saturated rings. The van der Waals surface area contributed by atoms with Crippen LogP contribution >= 0.6 is 11.8 Å². The second kappa shape index (κ2) is 7.57. The van der Waals surface area contributed by atoms with Crippen LogP contribution in [0.1, 0.15) is 19.3 Å². The Morgan fingerprint density at radius 1 is 0.920 bits per heavy atom. The van der Waals surface area contributed by atoms with Gasteiger partial charge in [0.25, 0.3) is 5.91 Å². The number of hydrogen-bond donors (Lipinski definition) is 2. The van der Waals surface area contributed by atoms with Gasteiger partial charge < -0.3 is 10.4 Å². The van der Waals surface area contributed by atoms with E-state index in [9.17, 15) is 9.59 Å². The van der Waals surface area contributed by atoms with E-state index in [4.69, 9.17) is 5.11 Å². The Balaban J connectivity index is 1.73. The Bertz CT molecular complexity index is 823. The van der Waals surface area contributed by atoms with Crippen LogP contribution in [0.3, 0.4) is 0 Å².